The summed E-state index contributed by atoms with van der Waals surface area (Å²) in [7, 11) is 0. The molecule has 0 radical (unpaired) electrons. The third-order valence-corrected chi connectivity index (χ3v) is 4.47. The molecule has 0 spiro atoms. The van der Waals surface area contributed by atoms with E-state index in [9.17, 15) is 14.4 Å². The smallest absolute Gasteiger partial charge is 0.328 e. The van der Waals surface area contributed by atoms with E-state index in [4.69, 9.17) is 49.4 Å². The van der Waals surface area contributed by atoms with Gasteiger partial charge in [-0.15, -0.1) is 0 Å². The molecule has 0 aromatic heterocycles. The number of carboxylic acid groups (broad SMARTS) is 2. The molecule has 0 saturated heterocycles. The maximum absolute atomic E-state index is 11.8. The highest BCUT2D eigenvalue weighted by atomic mass is 16.5. The standard InChI is InChI=1S/C15H23N3O4.C6H14N4O2/c16-8-2-1-3-12(17)15(21)22-11-6-4-10(5-7-11)9-13(18)14(19)20;7-4(5(11)12)2-1-3-10-6(8)9/h4-7,12-13H,1-3,8-9,16-18H2,(H,19,20);4H,1-3,7H2,(H,11,12)(H4,8,9,10)/t12-,13-;4-/m00/s1. The van der Waals surface area contributed by atoms with Crippen LogP contribution in [0.3, 0.4) is 0 Å². The fourth-order valence-electron chi connectivity index (χ4n) is 2.50. The lowest BCUT2D eigenvalue weighted by Crippen LogP contribution is -2.34. The number of hydrogen-bond acceptors (Lipinski definition) is 9. The number of guanidine groups is 1. The van der Waals surface area contributed by atoms with Crippen LogP contribution < -0.4 is 39.1 Å². The molecule has 1 rings (SSSR count). The summed E-state index contributed by atoms with van der Waals surface area (Å²) < 4.78 is 5.17. The Labute approximate surface area is 198 Å². The highest BCUT2D eigenvalue weighted by Gasteiger charge is 2.16. The molecule has 14 N–H and O–H groups in total. The molecule has 0 heterocycles. The quantitative estimate of drug-likeness (QED) is 0.0491. The van der Waals surface area contributed by atoms with Crippen molar-refractivity contribution >= 4 is 23.9 Å². The van der Waals surface area contributed by atoms with Gasteiger partial charge in [0.15, 0.2) is 5.96 Å². The van der Waals surface area contributed by atoms with Gasteiger partial charge in [-0.05, 0) is 56.3 Å². The Morgan fingerprint density at radius 2 is 1.41 bits per heavy atom. The molecule has 0 unspecified atom stereocenters. The molecule has 34 heavy (non-hydrogen) atoms. The van der Waals surface area contributed by atoms with E-state index in [2.05, 4.69) is 4.99 Å². The minimum absolute atomic E-state index is 0.0129. The normalized spacial score (nSPS) is 12.9. The molecular formula is C21H37N7O6. The summed E-state index contributed by atoms with van der Waals surface area (Å²) in [6.45, 7) is 0.991. The zero-order chi connectivity index (χ0) is 26.1. The summed E-state index contributed by atoms with van der Waals surface area (Å²) >= 11 is 0. The first-order valence-electron chi connectivity index (χ1n) is 10.8. The van der Waals surface area contributed by atoms with Crippen LogP contribution in [-0.4, -0.2) is 65.3 Å². The first-order valence-corrected chi connectivity index (χ1v) is 10.8. The predicted molar refractivity (Wildman–Crippen MR) is 128 cm³/mol. The number of nitrogens with two attached hydrogens (primary N) is 6. The van der Waals surface area contributed by atoms with Gasteiger partial charge in [0.1, 0.15) is 23.9 Å². The number of benzene rings is 1. The number of aliphatic imine (C=N–C) groups is 1. The van der Waals surface area contributed by atoms with Crippen molar-refractivity contribution < 1.29 is 29.3 Å². The van der Waals surface area contributed by atoms with Gasteiger partial charge < -0.3 is 49.4 Å². The number of nitrogens with zero attached hydrogens (tertiary/aromatic N) is 1. The van der Waals surface area contributed by atoms with Crippen LogP contribution >= 0.6 is 0 Å². The van der Waals surface area contributed by atoms with E-state index in [1.165, 1.54) is 0 Å². The molecule has 0 aliphatic rings. The van der Waals surface area contributed by atoms with Gasteiger partial charge in [-0.25, -0.2) is 4.79 Å². The first-order chi connectivity index (χ1) is 16.0. The highest BCUT2D eigenvalue weighted by Crippen LogP contribution is 2.14. The number of carboxylic acids is 2. The summed E-state index contributed by atoms with van der Waals surface area (Å²) in [4.78, 5) is 36.4. The summed E-state index contributed by atoms with van der Waals surface area (Å²) in [5.41, 5.74) is 32.6. The van der Waals surface area contributed by atoms with E-state index in [1.807, 2.05) is 0 Å². The Kier molecular flexibility index (Phi) is 15.6. The van der Waals surface area contributed by atoms with E-state index in [-0.39, 0.29) is 12.4 Å². The zero-order valence-electron chi connectivity index (χ0n) is 19.1. The van der Waals surface area contributed by atoms with E-state index < -0.39 is 36.0 Å². The van der Waals surface area contributed by atoms with Crippen molar-refractivity contribution in [1.29, 1.82) is 0 Å². The summed E-state index contributed by atoms with van der Waals surface area (Å²) in [6.07, 6.45) is 3.29. The maximum atomic E-state index is 11.8. The lowest BCUT2D eigenvalue weighted by molar-refractivity contribution is -0.139. The molecule has 0 aliphatic heterocycles. The minimum atomic E-state index is -1.06. The molecule has 0 amide bonds. The molecule has 192 valence electrons. The second-order valence-electron chi connectivity index (χ2n) is 7.50. The Balaban J connectivity index is 0.000000770. The topological polar surface area (TPSA) is 269 Å². The fourth-order valence-corrected chi connectivity index (χ4v) is 2.50. The molecule has 1 aromatic rings. The fraction of sp³-hybridized carbons (Fsp3) is 0.524. The Morgan fingerprint density at radius 3 is 1.91 bits per heavy atom. The maximum Gasteiger partial charge on any atom is 0.328 e. The number of ether oxygens (including phenoxy) is 1. The van der Waals surface area contributed by atoms with Crippen molar-refractivity contribution in [3.8, 4) is 5.75 Å². The lowest BCUT2D eigenvalue weighted by Gasteiger charge is -2.11. The summed E-state index contributed by atoms with van der Waals surface area (Å²) in [6, 6.07) is 4.08. The van der Waals surface area contributed by atoms with Crippen LogP contribution in [0.1, 0.15) is 37.7 Å². The van der Waals surface area contributed by atoms with Crippen LogP contribution in [0.25, 0.3) is 0 Å². The summed E-state index contributed by atoms with van der Waals surface area (Å²) in [5.74, 6) is -2.17. The molecular weight excluding hydrogens is 446 g/mol. The van der Waals surface area contributed by atoms with Crippen LogP contribution in [0.5, 0.6) is 5.75 Å². The average Bonchev–Trinajstić information content (AvgIpc) is 2.78. The van der Waals surface area contributed by atoms with Crippen LogP contribution in [0.15, 0.2) is 29.3 Å². The van der Waals surface area contributed by atoms with Crippen molar-refractivity contribution in [2.24, 2.45) is 39.4 Å². The third-order valence-electron chi connectivity index (χ3n) is 4.47. The molecule has 0 aliphatic carbocycles. The zero-order valence-corrected chi connectivity index (χ0v) is 19.1. The van der Waals surface area contributed by atoms with Gasteiger partial charge in [0.05, 0.1) is 0 Å². The Morgan fingerprint density at radius 1 is 0.853 bits per heavy atom. The van der Waals surface area contributed by atoms with Gasteiger partial charge in [-0.3, -0.25) is 14.6 Å². The largest absolute Gasteiger partial charge is 0.480 e. The van der Waals surface area contributed by atoms with Crippen LogP contribution in [0.2, 0.25) is 0 Å². The molecule has 1 aromatic carbocycles. The Bertz CT molecular complexity index is 784. The molecule has 3 atom stereocenters. The molecule has 13 nitrogen and oxygen atoms in total. The van der Waals surface area contributed by atoms with Crippen molar-refractivity contribution in [2.75, 3.05) is 13.1 Å². The number of rotatable bonds is 14. The van der Waals surface area contributed by atoms with Crippen molar-refractivity contribution in [3.63, 3.8) is 0 Å². The van der Waals surface area contributed by atoms with E-state index in [0.29, 0.717) is 38.1 Å². The number of carbonyl (C=O) groups excluding carboxylic acids is 1. The predicted octanol–water partition coefficient (Wildman–Crippen LogP) is -1.55. The number of carbonyl (C=O) groups is 3. The monoisotopic (exact) mass is 483 g/mol. The van der Waals surface area contributed by atoms with Gasteiger partial charge in [0, 0.05) is 6.54 Å². The number of aliphatic carboxylic acids is 2. The second-order valence-corrected chi connectivity index (χ2v) is 7.50. The molecule has 0 fully saturated rings. The van der Waals surface area contributed by atoms with E-state index in [1.54, 1.807) is 24.3 Å². The lowest BCUT2D eigenvalue weighted by atomic mass is 10.1. The average molecular weight is 484 g/mol. The van der Waals surface area contributed by atoms with Gasteiger partial charge >= 0.3 is 17.9 Å². The van der Waals surface area contributed by atoms with Crippen molar-refractivity contribution in [3.05, 3.63) is 29.8 Å². The Hall–Kier alpha value is -3.26. The summed E-state index contributed by atoms with van der Waals surface area (Å²) in [5, 5.41) is 17.1. The molecule has 13 heteroatoms. The first kappa shape index (κ1) is 30.7. The van der Waals surface area contributed by atoms with Crippen LogP contribution in [-0.2, 0) is 20.8 Å². The number of unbranched alkanes of at least 4 members (excludes halogenated alkanes) is 1. The number of hydrogen-bond donors (Lipinski definition) is 8. The van der Waals surface area contributed by atoms with Crippen LogP contribution in [0.4, 0.5) is 0 Å². The highest BCUT2D eigenvalue weighted by molar-refractivity contribution is 5.78. The van der Waals surface area contributed by atoms with E-state index >= 15 is 0 Å². The van der Waals surface area contributed by atoms with Gasteiger partial charge in [0.2, 0.25) is 0 Å². The van der Waals surface area contributed by atoms with Gasteiger partial charge in [-0.1, -0.05) is 18.6 Å². The second kappa shape index (κ2) is 17.2. The minimum Gasteiger partial charge on any atom is -0.480 e. The van der Waals surface area contributed by atoms with Crippen molar-refractivity contribution in [1.82, 2.24) is 0 Å². The third kappa shape index (κ3) is 14.7. The van der Waals surface area contributed by atoms with E-state index in [0.717, 1.165) is 18.4 Å². The molecule has 0 bridgehead atoms. The van der Waals surface area contributed by atoms with Crippen molar-refractivity contribution in [2.45, 2.75) is 56.7 Å². The van der Waals surface area contributed by atoms with Crippen LogP contribution in [0, 0.1) is 0 Å². The van der Waals surface area contributed by atoms with Gasteiger partial charge in [0.25, 0.3) is 0 Å². The SMILES string of the molecule is NC(N)=NCCC[C@H](N)C(=O)O.NCCCC[C@H](N)C(=O)Oc1ccc(C[C@H](N)C(=O)O)cc1. The van der Waals surface area contributed by atoms with Gasteiger partial charge in [-0.2, -0.15) is 0 Å². The number of esters is 1. The molecule has 0 saturated carbocycles.